The molecule has 16 heavy (non-hydrogen) atoms. The molecule has 0 bridgehead atoms. The molecule has 0 atom stereocenters. The highest BCUT2D eigenvalue weighted by atomic mass is 16.4. The SMILES string of the molecule is N/C(CC(=O)NC1CCCCCCC1)=N\O. The molecule has 0 spiro atoms. The summed E-state index contributed by atoms with van der Waals surface area (Å²) in [7, 11) is 0. The van der Waals surface area contributed by atoms with Crippen LogP contribution in [0, 0.1) is 0 Å². The maximum absolute atomic E-state index is 11.5. The van der Waals surface area contributed by atoms with Gasteiger partial charge in [0.15, 0.2) is 0 Å². The quantitative estimate of drug-likeness (QED) is 0.294. The first-order valence-electron chi connectivity index (χ1n) is 5.98. The summed E-state index contributed by atoms with van der Waals surface area (Å²) in [5.74, 6) is -0.191. The minimum absolute atomic E-state index is 0.0208. The number of amidine groups is 1. The number of nitrogens with one attached hydrogen (secondary N) is 1. The van der Waals surface area contributed by atoms with E-state index in [4.69, 9.17) is 10.9 Å². The van der Waals surface area contributed by atoms with Crippen molar-refractivity contribution in [2.75, 3.05) is 0 Å². The predicted molar refractivity (Wildman–Crippen MR) is 62.3 cm³/mol. The van der Waals surface area contributed by atoms with Gasteiger partial charge in [-0.05, 0) is 12.8 Å². The van der Waals surface area contributed by atoms with Crippen LogP contribution in [0.3, 0.4) is 0 Å². The fourth-order valence-corrected chi connectivity index (χ4v) is 2.08. The maximum atomic E-state index is 11.5. The summed E-state index contributed by atoms with van der Waals surface area (Å²) in [4.78, 5) is 11.5. The van der Waals surface area contributed by atoms with Crippen molar-refractivity contribution in [3.8, 4) is 0 Å². The summed E-state index contributed by atoms with van der Waals surface area (Å²) in [5.41, 5.74) is 5.27. The van der Waals surface area contributed by atoms with Crippen LogP contribution in [0.1, 0.15) is 51.4 Å². The fraction of sp³-hybridized carbons (Fsp3) is 0.818. The number of oxime groups is 1. The third-order valence-electron chi connectivity index (χ3n) is 2.94. The molecule has 1 amide bonds. The average molecular weight is 227 g/mol. The van der Waals surface area contributed by atoms with Gasteiger partial charge in [-0.25, -0.2) is 0 Å². The second kappa shape index (κ2) is 7.09. The third kappa shape index (κ3) is 5.00. The fourth-order valence-electron chi connectivity index (χ4n) is 2.08. The molecule has 0 radical (unpaired) electrons. The number of nitrogens with two attached hydrogens (primary N) is 1. The molecule has 0 aromatic rings. The van der Waals surface area contributed by atoms with Gasteiger partial charge in [0, 0.05) is 6.04 Å². The van der Waals surface area contributed by atoms with Crippen molar-refractivity contribution < 1.29 is 10.0 Å². The normalized spacial score (nSPS) is 19.9. The minimum atomic E-state index is -0.152. The first kappa shape index (κ1) is 12.8. The first-order valence-corrected chi connectivity index (χ1v) is 5.98. The molecular weight excluding hydrogens is 206 g/mol. The molecule has 1 aliphatic rings. The van der Waals surface area contributed by atoms with Crippen molar-refractivity contribution in [1.82, 2.24) is 5.32 Å². The Balaban J connectivity index is 2.30. The Bertz CT molecular complexity index is 246. The standard InChI is InChI=1S/C11H21N3O2/c12-10(14-16)8-11(15)13-9-6-4-2-1-3-5-7-9/h9,16H,1-8H2,(H2,12,14)(H,13,15). The highest BCUT2D eigenvalue weighted by molar-refractivity contribution is 5.98. The van der Waals surface area contributed by atoms with Gasteiger partial charge in [-0.2, -0.15) is 0 Å². The maximum Gasteiger partial charge on any atom is 0.227 e. The molecule has 1 rings (SSSR count). The number of nitrogens with zero attached hydrogens (tertiary/aromatic N) is 1. The van der Waals surface area contributed by atoms with Crippen LogP contribution >= 0.6 is 0 Å². The number of amides is 1. The molecule has 5 nitrogen and oxygen atoms in total. The number of hydrogen-bond donors (Lipinski definition) is 3. The van der Waals surface area contributed by atoms with E-state index in [1.165, 1.54) is 32.1 Å². The molecule has 1 fully saturated rings. The molecule has 4 N–H and O–H groups in total. The lowest BCUT2D eigenvalue weighted by Crippen LogP contribution is -2.37. The second-order valence-electron chi connectivity index (χ2n) is 4.38. The monoisotopic (exact) mass is 227 g/mol. The van der Waals surface area contributed by atoms with Crippen LogP contribution in [0.5, 0.6) is 0 Å². The first-order chi connectivity index (χ1) is 7.72. The molecule has 0 heterocycles. The molecule has 0 aromatic carbocycles. The van der Waals surface area contributed by atoms with Crippen LogP contribution in [0.25, 0.3) is 0 Å². The second-order valence-corrected chi connectivity index (χ2v) is 4.38. The van der Waals surface area contributed by atoms with E-state index >= 15 is 0 Å². The van der Waals surface area contributed by atoms with Crippen molar-refractivity contribution in [3.63, 3.8) is 0 Å². The van der Waals surface area contributed by atoms with Crippen LogP contribution < -0.4 is 11.1 Å². The van der Waals surface area contributed by atoms with Crippen LogP contribution in [0.4, 0.5) is 0 Å². The Morgan fingerprint density at radius 1 is 1.25 bits per heavy atom. The Morgan fingerprint density at radius 2 is 1.81 bits per heavy atom. The van der Waals surface area contributed by atoms with Gasteiger partial charge in [0.1, 0.15) is 5.84 Å². The van der Waals surface area contributed by atoms with Crippen LogP contribution in [0.15, 0.2) is 5.16 Å². The van der Waals surface area contributed by atoms with Crippen LogP contribution in [-0.2, 0) is 4.79 Å². The summed E-state index contributed by atoms with van der Waals surface area (Å²) in [6.45, 7) is 0. The summed E-state index contributed by atoms with van der Waals surface area (Å²) >= 11 is 0. The highest BCUT2D eigenvalue weighted by Crippen LogP contribution is 2.17. The molecule has 0 aromatic heterocycles. The topological polar surface area (TPSA) is 87.7 Å². The van der Waals surface area contributed by atoms with E-state index < -0.39 is 0 Å². The van der Waals surface area contributed by atoms with Gasteiger partial charge < -0.3 is 16.3 Å². The molecule has 1 saturated carbocycles. The molecular formula is C11H21N3O2. The van der Waals surface area contributed by atoms with Crippen molar-refractivity contribution in [1.29, 1.82) is 0 Å². The largest absolute Gasteiger partial charge is 0.409 e. The van der Waals surface area contributed by atoms with E-state index in [2.05, 4.69) is 10.5 Å². The third-order valence-corrected chi connectivity index (χ3v) is 2.94. The minimum Gasteiger partial charge on any atom is -0.409 e. The summed E-state index contributed by atoms with van der Waals surface area (Å²) < 4.78 is 0. The molecule has 5 heteroatoms. The number of carbonyl (C=O) groups excluding carboxylic acids is 1. The zero-order valence-electron chi connectivity index (χ0n) is 9.61. The molecule has 1 aliphatic carbocycles. The van der Waals surface area contributed by atoms with Crippen molar-refractivity contribution >= 4 is 11.7 Å². The van der Waals surface area contributed by atoms with E-state index in [9.17, 15) is 4.79 Å². The van der Waals surface area contributed by atoms with Crippen molar-refractivity contribution in [2.45, 2.75) is 57.4 Å². The van der Waals surface area contributed by atoms with E-state index in [1.807, 2.05) is 0 Å². The van der Waals surface area contributed by atoms with Gasteiger partial charge >= 0.3 is 0 Å². The van der Waals surface area contributed by atoms with Gasteiger partial charge in [-0.3, -0.25) is 4.79 Å². The Morgan fingerprint density at radius 3 is 2.38 bits per heavy atom. The Hall–Kier alpha value is -1.26. The summed E-state index contributed by atoms with van der Waals surface area (Å²) in [6, 6.07) is 0.263. The zero-order valence-corrected chi connectivity index (χ0v) is 9.61. The summed E-state index contributed by atoms with van der Waals surface area (Å²) in [6.07, 6.45) is 8.24. The lowest BCUT2D eigenvalue weighted by molar-refractivity contribution is -0.120. The predicted octanol–water partition coefficient (Wildman–Crippen LogP) is 1.35. The van der Waals surface area contributed by atoms with Gasteiger partial charge in [-0.15, -0.1) is 0 Å². The lowest BCUT2D eigenvalue weighted by Gasteiger charge is -2.20. The Kier molecular flexibility index (Phi) is 5.67. The van der Waals surface area contributed by atoms with E-state index in [-0.39, 0.29) is 24.2 Å². The molecule has 0 unspecified atom stereocenters. The van der Waals surface area contributed by atoms with Gasteiger partial charge in [-0.1, -0.05) is 37.3 Å². The Labute approximate surface area is 96.1 Å². The van der Waals surface area contributed by atoms with E-state index in [1.54, 1.807) is 0 Å². The average Bonchev–Trinajstić information content (AvgIpc) is 2.21. The number of rotatable bonds is 3. The van der Waals surface area contributed by atoms with Crippen molar-refractivity contribution in [2.24, 2.45) is 10.9 Å². The smallest absolute Gasteiger partial charge is 0.227 e. The molecule has 0 saturated heterocycles. The van der Waals surface area contributed by atoms with Crippen molar-refractivity contribution in [3.05, 3.63) is 0 Å². The number of carbonyl (C=O) groups is 1. The zero-order chi connectivity index (χ0) is 11.8. The van der Waals surface area contributed by atoms with E-state index in [0.29, 0.717) is 0 Å². The lowest BCUT2D eigenvalue weighted by atomic mass is 9.96. The highest BCUT2D eigenvalue weighted by Gasteiger charge is 2.14. The summed E-state index contributed by atoms with van der Waals surface area (Å²) in [5, 5.41) is 14.1. The van der Waals surface area contributed by atoms with Crippen LogP contribution in [-0.4, -0.2) is 23.0 Å². The van der Waals surface area contributed by atoms with E-state index in [0.717, 1.165) is 12.8 Å². The van der Waals surface area contributed by atoms with Gasteiger partial charge in [0.05, 0.1) is 6.42 Å². The van der Waals surface area contributed by atoms with Gasteiger partial charge in [0.2, 0.25) is 5.91 Å². The number of hydrogen-bond acceptors (Lipinski definition) is 3. The molecule has 92 valence electrons. The van der Waals surface area contributed by atoms with Gasteiger partial charge in [0.25, 0.3) is 0 Å². The molecule has 0 aliphatic heterocycles. The van der Waals surface area contributed by atoms with Crippen LogP contribution in [0.2, 0.25) is 0 Å².